The number of hydrogen-bond donors (Lipinski definition) is 1. The number of thiophene rings is 1. The summed E-state index contributed by atoms with van der Waals surface area (Å²) in [6.07, 6.45) is 0. The highest BCUT2D eigenvalue weighted by Crippen LogP contribution is 2.41. The van der Waals surface area contributed by atoms with Crippen LogP contribution in [0.5, 0.6) is 11.5 Å². The van der Waals surface area contributed by atoms with Crippen molar-refractivity contribution in [2.24, 2.45) is 0 Å². The zero-order valence-corrected chi connectivity index (χ0v) is 14.8. The molecule has 1 unspecified atom stereocenters. The average molecular weight is 419 g/mol. The maximum atomic E-state index is 5.68. The first kappa shape index (κ1) is 14.4. The fraction of sp³-hybridized carbons (Fsp3) is 0.286. The van der Waals surface area contributed by atoms with Gasteiger partial charge in [0.05, 0.1) is 9.83 Å². The van der Waals surface area contributed by atoms with Gasteiger partial charge in [-0.2, -0.15) is 0 Å². The Morgan fingerprint density at radius 3 is 2.45 bits per heavy atom. The van der Waals surface area contributed by atoms with Crippen molar-refractivity contribution in [2.75, 3.05) is 20.3 Å². The Labute approximate surface area is 138 Å². The lowest BCUT2D eigenvalue weighted by Gasteiger charge is -2.23. The van der Waals surface area contributed by atoms with Crippen LogP contribution in [0.4, 0.5) is 0 Å². The van der Waals surface area contributed by atoms with E-state index in [-0.39, 0.29) is 6.04 Å². The summed E-state index contributed by atoms with van der Waals surface area (Å²) in [6.45, 7) is 1.20. The maximum absolute atomic E-state index is 5.68. The van der Waals surface area contributed by atoms with Gasteiger partial charge in [-0.05, 0) is 52.8 Å². The Kier molecular flexibility index (Phi) is 4.35. The minimum atomic E-state index is 0.122. The van der Waals surface area contributed by atoms with Gasteiger partial charge in [-0.3, -0.25) is 0 Å². The molecular formula is C14H13Br2NO2S. The van der Waals surface area contributed by atoms with Crippen LogP contribution in [0.25, 0.3) is 0 Å². The fourth-order valence-electron chi connectivity index (χ4n) is 2.24. The molecule has 0 aliphatic carbocycles. The van der Waals surface area contributed by atoms with Gasteiger partial charge in [-0.15, -0.1) is 11.3 Å². The van der Waals surface area contributed by atoms with Crippen molar-refractivity contribution in [1.82, 2.24) is 5.32 Å². The summed E-state index contributed by atoms with van der Waals surface area (Å²) in [5.41, 5.74) is 1.14. The summed E-state index contributed by atoms with van der Waals surface area (Å²) in [7, 11) is 1.96. The van der Waals surface area contributed by atoms with Gasteiger partial charge in [0.25, 0.3) is 0 Å². The summed E-state index contributed by atoms with van der Waals surface area (Å²) in [6, 6.07) is 8.34. The van der Waals surface area contributed by atoms with Crippen LogP contribution in [0.3, 0.4) is 0 Å². The van der Waals surface area contributed by atoms with E-state index in [1.807, 2.05) is 19.2 Å². The molecule has 1 aliphatic rings. The van der Waals surface area contributed by atoms with Gasteiger partial charge in [-0.25, -0.2) is 0 Å². The molecule has 1 aromatic heterocycles. The molecule has 0 radical (unpaired) electrons. The van der Waals surface area contributed by atoms with Gasteiger partial charge >= 0.3 is 0 Å². The van der Waals surface area contributed by atoms with Crippen molar-refractivity contribution >= 4 is 43.2 Å². The first-order valence-corrected chi connectivity index (χ1v) is 8.61. The second-order valence-corrected chi connectivity index (χ2v) is 7.73. The lowest BCUT2D eigenvalue weighted by molar-refractivity contribution is 0.171. The summed E-state index contributed by atoms with van der Waals surface area (Å²) >= 11 is 8.88. The molecule has 6 heteroatoms. The predicted molar refractivity (Wildman–Crippen MR) is 88.1 cm³/mol. The highest BCUT2D eigenvalue weighted by atomic mass is 79.9. The van der Waals surface area contributed by atoms with E-state index in [0.29, 0.717) is 13.2 Å². The van der Waals surface area contributed by atoms with E-state index < -0.39 is 0 Å². The standard InChI is InChI=1S/C14H13Br2NO2S/c1-17-14(12-2-3-13(16)20-12)8-6-10-11(7-9(8)15)19-5-4-18-10/h2-3,6-7,14,17H,4-5H2,1H3. The van der Waals surface area contributed by atoms with E-state index in [2.05, 4.69) is 49.3 Å². The van der Waals surface area contributed by atoms with Crippen molar-refractivity contribution < 1.29 is 9.47 Å². The van der Waals surface area contributed by atoms with Crippen LogP contribution in [0, 0.1) is 0 Å². The smallest absolute Gasteiger partial charge is 0.162 e. The highest BCUT2D eigenvalue weighted by molar-refractivity contribution is 9.11. The molecule has 1 N–H and O–H groups in total. The van der Waals surface area contributed by atoms with Crippen molar-refractivity contribution in [3.8, 4) is 11.5 Å². The second-order valence-electron chi connectivity index (χ2n) is 4.38. The Balaban J connectivity index is 2.03. The molecule has 3 nitrogen and oxygen atoms in total. The molecule has 1 atom stereocenters. The normalized spacial score (nSPS) is 15.2. The van der Waals surface area contributed by atoms with Gasteiger partial charge in [-0.1, -0.05) is 15.9 Å². The third kappa shape index (κ3) is 2.74. The SMILES string of the molecule is CNC(c1ccc(Br)s1)c1cc2c(cc1Br)OCCO2. The first-order valence-electron chi connectivity index (χ1n) is 6.20. The topological polar surface area (TPSA) is 30.5 Å². The molecule has 2 heterocycles. The van der Waals surface area contributed by atoms with E-state index in [1.54, 1.807) is 11.3 Å². The lowest BCUT2D eigenvalue weighted by Crippen LogP contribution is -2.19. The molecule has 0 saturated carbocycles. The Morgan fingerprint density at radius 1 is 1.15 bits per heavy atom. The maximum Gasteiger partial charge on any atom is 0.162 e. The van der Waals surface area contributed by atoms with Gasteiger partial charge in [0.2, 0.25) is 0 Å². The number of fused-ring (bicyclic) bond motifs is 1. The Hall–Kier alpha value is -0.560. The number of nitrogens with one attached hydrogen (secondary N) is 1. The fourth-order valence-corrected chi connectivity index (χ4v) is 4.34. The molecule has 0 amide bonds. The second kappa shape index (κ2) is 6.05. The van der Waals surface area contributed by atoms with Gasteiger partial charge in [0.1, 0.15) is 13.2 Å². The summed E-state index contributed by atoms with van der Waals surface area (Å²) < 4.78 is 13.4. The minimum Gasteiger partial charge on any atom is -0.486 e. The Bertz CT molecular complexity index is 630. The van der Waals surface area contributed by atoms with Crippen LogP contribution in [0.15, 0.2) is 32.5 Å². The van der Waals surface area contributed by atoms with Crippen molar-refractivity contribution in [1.29, 1.82) is 0 Å². The van der Waals surface area contributed by atoms with Crippen LogP contribution in [0.1, 0.15) is 16.5 Å². The quantitative estimate of drug-likeness (QED) is 0.803. The van der Waals surface area contributed by atoms with Crippen molar-refractivity contribution in [2.45, 2.75) is 6.04 Å². The molecule has 0 spiro atoms. The summed E-state index contributed by atoms with van der Waals surface area (Å²) in [4.78, 5) is 1.25. The van der Waals surface area contributed by atoms with Crippen LogP contribution < -0.4 is 14.8 Å². The molecule has 0 bridgehead atoms. The number of halogens is 2. The molecular weight excluding hydrogens is 406 g/mol. The summed E-state index contributed by atoms with van der Waals surface area (Å²) in [5.74, 6) is 1.61. The molecule has 1 aliphatic heterocycles. The zero-order valence-electron chi connectivity index (χ0n) is 10.8. The number of ether oxygens (including phenoxy) is 2. The van der Waals surface area contributed by atoms with Crippen LogP contribution in [0.2, 0.25) is 0 Å². The van der Waals surface area contributed by atoms with E-state index in [0.717, 1.165) is 25.3 Å². The summed E-state index contributed by atoms with van der Waals surface area (Å²) in [5, 5.41) is 3.36. The Morgan fingerprint density at radius 2 is 1.85 bits per heavy atom. The van der Waals surface area contributed by atoms with Crippen LogP contribution in [-0.4, -0.2) is 20.3 Å². The van der Waals surface area contributed by atoms with Crippen molar-refractivity contribution in [3.05, 3.63) is 43.0 Å². The van der Waals surface area contributed by atoms with E-state index in [1.165, 1.54) is 4.88 Å². The molecule has 2 aromatic rings. The molecule has 0 fully saturated rings. The number of rotatable bonds is 3. The van der Waals surface area contributed by atoms with E-state index in [9.17, 15) is 0 Å². The molecule has 0 saturated heterocycles. The third-order valence-electron chi connectivity index (χ3n) is 3.14. The zero-order chi connectivity index (χ0) is 14.1. The molecule has 1 aromatic carbocycles. The predicted octanol–water partition coefficient (Wildman–Crippen LogP) is 4.35. The monoisotopic (exact) mass is 417 g/mol. The molecule has 3 rings (SSSR count). The number of hydrogen-bond acceptors (Lipinski definition) is 4. The van der Waals surface area contributed by atoms with Gasteiger partial charge in [0, 0.05) is 9.35 Å². The highest BCUT2D eigenvalue weighted by Gasteiger charge is 2.21. The molecule has 106 valence electrons. The lowest BCUT2D eigenvalue weighted by atomic mass is 10.0. The third-order valence-corrected chi connectivity index (χ3v) is 5.51. The van der Waals surface area contributed by atoms with Crippen LogP contribution in [-0.2, 0) is 0 Å². The van der Waals surface area contributed by atoms with Crippen molar-refractivity contribution in [3.63, 3.8) is 0 Å². The largest absolute Gasteiger partial charge is 0.486 e. The minimum absolute atomic E-state index is 0.122. The van der Waals surface area contributed by atoms with Gasteiger partial charge in [0.15, 0.2) is 11.5 Å². The van der Waals surface area contributed by atoms with Gasteiger partial charge < -0.3 is 14.8 Å². The van der Waals surface area contributed by atoms with E-state index in [4.69, 9.17) is 9.47 Å². The average Bonchev–Trinajstić information content (AvgIpc) is 2.86. The number of benzene rings is 1. The molecule has 20 heavy (non-hydrogen) atoms. The van der Waals surface area contributed by atoms with E-state index >= 15 is 0 Å². The van der Waals surface area contributed by atoms with Crippen LogP contribution >= 0.6 is 43.2 Å². The first-order chi connectivity index (χ1) is 9.69.